The summed E-state index contributed by atoms with van der Waals surface area (Å²) in [6.07, 6.45) is 3.95. The highest BCUT2D eigenvalue weighted by Gasteiger charge is 2.26. The molecule has 0 spiro atoms. The second-order valence-electron chi connectivity index (χ2n) is 4.10. The summed E-state index contributed by atoms with van der Waals surface area (Å²) in [6, 6.07) is 0.573. The normalized spacial score (nSPS) is 33.9. The third kappa shape index (κ3) is 2.83. The zero-order valence-corrected chi connectivity index (χ0v) is 9.58. The van der Waals surface area contributed by atoms with Crippen LogP contribution in [0.1, 0.15) is 33.1 Å². The average Bonchev–Trinajstić information content (AvgIpc) is 2.13. The van der Waals surface area contributed by atoms with E-state index in [2.05, 4.69) is 24.5 Å². The quantitative estimate of drug-likeness (QED) is 0.632. The summed E-state index contributed by atoms with van der Waals surface area (Å²) in [6.45, 7) is 4.65. The highest BCUT2D eigenvalue weighted by atomic mass is 32.1. The third-order valence-corrected chi connectivity index (χ3v) is 3.57. The van der Waals surface area contributed by atoms with Crippen LogP contribution in [0.15, 0.2) is 0 Å². The molecule has 76 valence electrons. The van der Waals surface area contributed by atoms with Gasteiger partial charge in [0.25, 0.3) is 0 Å². The maximum absolute atomic E-state index is 5.11. The van der Waals surface area contributed by atoms with E-state index in [-0.39, 0.29) is 0 Å². The Kier molecular flexibility index (Phi) is 3.97. The van der Waals surface area contributed by atoms with Crippen molar-refractivity contribution < 1.29 is 0 Å². The molecule has 1 saturated carbocycles. The lowest BCUT2D eigenvalue weighted by atomic mass is 9.78. The highest BCUT2D eigenvalue weighted by molar-refractivity contribution is 7.80. The van der Waals surface area contributed by atoms with Crippen molar-refractivity contribution >= 4 is 17.3 Å². The van der Waals surface area contributed by atoms with Crippen LogP contribution in [0.25, 0.3) is 0 Å². The van der Waals surface area contributed by atoms with E-state index in [4.69, 9.17) is 12.2 Å². The first-order valence-electron chi connectivity index (χ1n) is 5.13. The van der Waals surface area contributed by atoms with Crippen molar-refractivity contribution in [3.05, 3.63) is 0 Å². The maximum atomic E-state index is 5.11. The molecule has 13 heavy (non-hydrogen) atoms. The highest BCUT2D eigenvalue weighted by Crippen LogP contribution is 2.29. The van der Waals surface area contributed by atoms with Crippen molar-refractivity contribution in [3.63, 3.8) is 0 Å². The number of rotatable bonds is 1. The lowest BCUT2D eigenvalue weighted by Crippen LogP contribution is -2.46. The van der Waals surface area contributed by atoms with E-state index in [1.807, 2.05) is 7.05 Å². The molecule has 0 aliphatic heterocycles. The van der Waals surface area contributed by atoms with Crippen molar-refractivity contribution in [2.24, 2.45) is 11.8 Å². The van der Waals surface area contributed by atoms with Gasteiger partial charge in [0.15, 0.2) is 5.11 Å². The number of hydrogen-bond donors (Lipinski definition) is 2. The monoisotopic (exact) mass is 200 g/mol. The number of thiocarbonyl (C=S) groups is 1. The van der Waals surface area contributed by atoms with Crippen molar-refractivity contribution in [1.29, 1.82) is 0 Å². The van der Waals surface area contributed by atoms with Crippen LogP contribution in [0, 0.1) is 11.8 Å². The topological polar surface area (TPSA) is 24.1 Å². The van der Waals surface area contributed by atoms with Gasteiger partial charge in [-0.2, -0.15) is 0 Å². The summed E-state index contributed by atoms with van der Waals surface area (Å²) >= 11 is 5.11. The molecule has 0 heterocycles. The summed E-state index contributed by atoms with van der Waals surface area (Å²) in [4.78, 5) is 0. The molecule has 1 rings (SSSR count). The van der Waals surface area contributed by atoms with Crippen LogP contribution in [-0.4, -0.2) is 18.2 Å². The zero-order valence-electron chi connectivity index (χ0n) is 8.76. The largest absolute Gasteiger partial charge is 0.366 e. The third-order valence-electron chi connectivity index (χ3n) is 3.25. The molecule has 0 unspecified atom stereocenters. The number of nitrogens with one attached hydrogen (secondary N) is 2. The van der Waals surface area contributed by atoms with Gasteiger partial charge in [0, 0.05) is 13.1 Å². The van der Waals surface area contributed by atoms with Crippen LogP contribution in [0.5, 0.6) is 0 Å². The van der Waals surface area contributed by atoms with Crippen LogP contribution >= 0.6 is 12.2 Å². The number of hydrogen-bond acceptors (Lipinski definition) is 1. The van der Waals surface area contributed by atoms with Crippen LogP contribution in [0.4, 0.5) is 0 Å². The van der Waals surface area contributed by atoms with Gasteiger partial charge in [-0.25, -0.2) is 0 Å². The van der Waals surface area contributed by atoms with Crippen LogP contribution in [-0.2, 0) is 0 Å². The fourth-order valence-corrected chi connectivity index (χ4v) is 2.18. The Hall–Kier alpha value is -0.310. The summed E-state index contributed by atoms with van der Waals surface area (Å²) < 4.78 is 0. The van der Waals surface area contributed by atoms with Crippen molar-refractivity contribution in [2.45, 2.75) is 39.2 Å². The molecule has 0 aromatic rings. The van der Waals surface area contributed by atoms with Gasteiger partial charge in [0.05, 0.1) is 0 Å². The van der Waals surface area contributed by atoms with E-state index in [0.717, 1.165) is 16.9 Å². The predicted octanol–water partition coefficient (Wildman–Crippen LogP) is 1.90. The molecule has 3 atom stereocenters. The van der Waals surface area contributed by atoms with Gasteiger partial charge in [-0.3, -0.25) is 0 Å². The molecule has 0 aromatic carbocycles. The maximum Gasteiger partial charge on any atom is 0.166 e. The first-order valence-corrected chi connectivity index (χ1v) is 5.54. The van der Waals surface area contributed by atoms with Gasteiger partial charge in [0.1, 0.15) is 0 Å². The van der Waals surface area contributed by atoms with E-state index in [0.29, 0.717) is 6.04 Å². The summed E-state index contributed by atoms with van der Waals surface area (Å²) in [5.74, 6) is 1.56. The molecule has 0 amide bonds. The molecule has 0 saturated heterocycles. The van der Waals surface area contributed by atoms with E-state index < -0.39 is 0 Å². The van der Waals surface area contributed by atoms with E-state index >= 15 is 0 Å². The Labute approximate surface area is 86.5 Å². The fourth-order valence-electron chi connectivity index (χ4n) is 2.03. The lowest BCUT2D eigenvalue weighted by molar-refractivity contribution is 0.224. The van der Waals surface area contributed by atoms with Crippen LogP contribution in [0.3, 0.4) is 0 Å². The smallest absolute Gasteiger partial charge is 0.166 e. The molecule has 0 radical (unpaired) electrons. The van der Waals surface area contributed by atoms with Gasteiger partial charge in [-0.15, -0.1) is 0 Å². The Bertz CT molecular complexity index is 182. The molecule has 1 fully saturated rings. The minimum atomic E-state index is 0.573. The van der Waals surface area contributed by atoms with E-state index in [1.54, 1.807) is 0 Å². The molecule has 3 heteroatoms. The van der Waals surface area contributed by atoms with Crippen molar-refractivity contribution in [2.75, 3.05) is 7.05 Å². The van der Waals surface area contributed by atoms with Crippen LogP contribution < -0.4 is 10.6 Å². The molecular weight excluding hydrogens is 180 g/mol. The van der Waals surface area contributed by atoms with Crippen molar-refractivity contribution in [1.82, 2.24) is 10.6 Å². The predicted molar refractivity (Wildman–Crippen MR) is 60.8 cm³/mol. The van der Waals surface area contributed by atoms with Gasteiger partial charge in [0.2, 0.25) is 0 Å². The molecule has 1 aliphatic carbocycles. The van der Waals surface area contributed by atoms with E-state index in [1.165, 1.54) is 19.3 Å². The second kappa shape index (κ2) is 4.80. The molecule has 2 N–H and O–H groups in total. The zero-order chi connectivity index (χ0) is 9.84. The SMILES string of the molecule is CNC(=S)N[C@@H]1CCC[C@@H](C)[C@@H]1C. The first kappa shape index (κ1) is 10.8. The van der Waals surface area contributed by atoms with Gasteiger partial charge >= 0.3 is 0 Å². The standard InChI is InChI=1S/C10H20N2S/c1-7-5-4-6-9(8(7)2)12-10(13)11-3/h7-9H,4-6H2,1-3H3,(H2,11,12,13)/t7-,8+,9-/m1/s1. The van der Waals surface area contributed by atoms with Crippen molar-refractivity contribution in [3.8, 4) is 0 Å². The minimum absolute atomic E-state index is 0.573. The summed E-state index contributed by atoms with van der Waals surface area (Å²) in [5, 5.41) is 7.12. The second-order valence-corrected chi connectivity index (χ2v) is 4.51. The Morgan fingerprint density at radius 1 is 1.31 bits per heavy atom. The molecule has 1 aliphatic rings. The average molecular weight is 200 g/mol. The van der Waals surface area contributed by atoms with Gasteiger partial charge in [-0.05, 0) is 30.5 Å². The molecule has 0 bridgehead atoms. The Morgan fingerprint density at radius 3 is 2.62 bits per heavy atom. The lowest BCUT2D eigenvalue weighted by Gasteiger charge is -2.35. The van der Waals surface area contributed by atoms with E-state index in [9.17, 15) is 0 Å². The molecular formula is C10H20N2S. The molecule has 0 aromatic heterocycles. The Morgan fingerprint density at radius 2 is 2.00 bits per heavy atom. The van der Waals surface area contributed by atoms with Gasteiger partial charge in [-0.1, -0.05) is 26.7 Å². The minimum Gasteiger partial charge on any atom is -0.366 e. The van der Waals surface area contributed by atoms with Crippen LogP contribution in [0.2, 0.25) is 0 Å². The fraction of sp³-hybridized carbons (Fsp3) is 0.900. The summed E-state index contributed by atoms with van der Waals surface area (Å²) in [7, 11) is 1.87. The summed E-state index contributed by atoms with van der Waals surface area (Å²) in [5.41, 5.74) is 0. The Balaban J connectivity index is 2.43. The first-order chi connectivity index (χ1) is 6.15. The molecule has 2 nitrogen and oxygen atoms in total. The van der Waals surface area contributed by atoms with Gasteiger partial charge < -0.3 is 10.6 Å².